The highest BCUT2D eigenvalue weighted by Gasteiger charge is 2.39. The van der Waals surface area contributed by atoms with Gasteiger partial charge in [0.2, 0.25) is 0 Å². The number of H-pyrrole nitrogens is 1. The Morgan fingerprint density at radius 3 is 2.73 bits per heavy atom. The summed E-state index contributed by atoms with van der Waals surface area (Å²) in [6.07, 6.45) is -6.74. The summed E-state index contributed by atoms with van der Waals surface area (Å²) in [4.78, 5) is 24.6. The molecule has 0 aromatic carbocycles. The summed E-state index contributed by atoms with van der Waals surface area (Å²) in [5.41, 5.74) is -4.01. The maximum absolute atomic E-state index is 12.7. The summed E-state index contributed by atoms with van der Waals surface area (Å²) in [6, 6.07) is 0. The smallest absolute Gasteiger partial charge is 0.394 e. The highest BCUT2D eigenvalue weighted by Crippen LogP contribution is 2.31. The fourth-order valence-electron chi connectivity index (χ4n) is 2.33. The molecular formula is C12H15F3N2O5. The van der Waals surface area contributed by atoms with E-state index in [-0.39, 0.29) is 6.42 Å². The lowest BCUT2D eigenvalue weighted by molar-refractivity contribution is -0.139. The lowest BCUT2D eigenvalue weighted by atomic mass is 10.2. The quantitative estimate of drug-likeness (QED) is 0.827. The predicted octanol–water partition coefficient (Wildman–Crippen LogP) is 0.240. The van der Waals surface area contributed by atoms with E-state index in [0.717, 1.165) is 0 Å². The fraction of sp³-hybridized carbons (Fsp3) is 0.667. The average molecular weight is 324 g/mol. The number of halogens is 3. The number of nitrogens with zero attached hydrogens (tertiary/aromatic N) is 1. The number of aliphatic hydroxyl groups is 1. The molecule has 0 aliphatic carbocycles. The van der Waals surface area contributed by atoms with Gasteiger partial charge in [-0.2, -0.15) is 13.2 Å². The Labute approximate surface area is 122 Å². The molecule has 22 heavy (non-hydrogen) atoms. The third-order valence-electron chi connectivity index (χ3n) is 3.32. The van der Waals surface area contributed by atoms with Crippen LogP contribution in [0.5, 0.6) is 0 Å². The summed E-state index contributed by atoms with van der Waals surface area (Å²) < 4.78 is 49.6. The summed E-state index contributed by atoms with van der Waals surface area (Å²) in [7, 11) is 0. The van der Waals surface area contributed by atoms with Gasteiger partial charge in [-0.1, -0.05) is 0 Å². The lowest BCUT2D eigenvalue weighted by Gasteiger charge is -2.16. The van der Waals surface area contributed by atoms with Crippen LogP contribution in [0.25, 0.3) is 0 Å². The van der Waals surface area contributed by atoms with Crippen molar-refractivity contribution in [3.8, 4) is 0 Å². The van der Waals surface area contributed by atoms with Gasteiger partial charge in [-0.3, -0.25) is 14.3 Å². The van der Waals surface area contributed by atoms with E-state index < -0.39 is 48.0 Å². The van der Waals surface area contributed by atoms with Crippen molar-refractivity contribution in [2.45, 2.75) is 38.0 Å². The molecule has 1 saturated heterocycles. The molecule has 1 aliphatic rings. The largest absolute Gasteiger partial charge is 0.423 e. The van der Waals surface area contributed by atoms with Crippen LogP contribution in [0.3, 0.4) is 0 Å². The number of alkyl halides is 3. The van der Waals surface area contributed by atoms with Crippen molar-refractivity contribution in [3.05, 3.63) is 32.6 Å². The first-order valence-corrected chi connectivity index (χ1v) is 6.58. The van der Waals surface area contributed by atoms with Crippen molar-refractivity contribution in [2.24, 2.45) is 0 Å². The maximum atomic E-state index is 12.7. The van der Waals surface area contributed by atoms with Gasteiger partial charge in [0.1, 0.15) is 17.9 Å². The van der Waals surface area contributed by atoms with Crippen LogP contribution < -0.4 is 11.2 Å². The van der Waals surface area contributed by atoms with E-state index in [9.17, 15) is 27.9 Å². The number of ether oxygens (including phenoxy) is 2. The Kier molecular flexibility index (Phi) is 4.73. The van der Waals surface area contributed by atoms with E-state index in [1.54, 1.807) is 11.9 Å². The first-order valence-electron chi connectivity index (χ1n) is 6.58. The third-order valence-corrected chi connectivity index (χ3v) is 3.32. The number of hydrogen-bond acceptors (Lipinski definition) is 5. The van der Waals surface area contributed by atoms with Crippen LogP contribution in [0.15, 0.2) is 15.8 Å². The molecule has 1 aromatic heterocycles. The van der Waals surface area contributed by atoms with Crippen LogP contribution in [0.4, 0.5) is 13.2 Å². The van der Waals surface area contributed by atoms with Crippen molar-refractivity contribution in [3.63, 3.8) is 0 Å². The number of nitrogens with one attached hydrogen (secondary N) is 1. The van der Waals surface area contributed by atoms with Crippen LogP contribution in [-0.4, -0.2) is 40.1 Å². The molecule has 124 valence electrons. The third kappa shape index (κ3) is 3.23. The van der Waals surface area contributed by atoms with Gasteiger partial charge in [0.05, 0.1) is 12.7 Å². The predicted molar refractivity (Wildman–Crippen MR) is 67.4 cm³/mol. The average Bonchev–Trinajstić information content (AvgIpc) is 2.80. The molecule has 1 aromatic rings. The molecule has 2 rings (SSSR count). The first kappa shape index (κ1) is 16.7. The monoisotopic (exact) mass is 324 g/mol. The summed E-state index contributed by atoms with van der Waals surface area (Å²) in [5, 5.41) is 9.19. The fourth-order valence-corrected chi connectivity index (χ4v) is 2.33. The normalized spacial score (nSPS) is 25.6. The zero-order chi connectivity index (χ0) is 16.5. The van der Waals surface area contributed by atoms with Crippen LogP contribution >= 0.6 is 0 Å². The van der Waals surface area contributed by atoms with Crippen molar-refractivity contribution in [1.29, 1.82) is 0 Å². The number of rotatable bonds is 4. The van der Waals surface area contributed by atoms with Gasteiger partial charge in [-0.05, 0) is 6.92 Å². The molecule has 1 aliphatic heterocycles. The molecule has 0 saturated carbocycles. The topological polar surface area (TPSA) is 93.6 Å². The number of aliphatic hydroxyl groups excluding tert-OH is 1. The van der Waals surface area contributed by atoms with Gasteiger partial charge in [0.25, 0.3) is 5.56 Å². The number of aromatic nitrogens is 2. The number of hydrogen-bond donors (Lipinski definition) is 2. The second-order valence-electron chi connectivity index (χ2n) is 4.75. The lowest BCUT2D eigenvalue weighted by Crippen LogP contribution is -2.36. The van der Waals surface area contributed by atoms with Gasteiger partial charge < -0.3 is 14.6 Å². The van der Waals surface area contributed by atoms with Crippen LogP contribution in [0.1, 0.15) is 25.1 Å². The van der Waals surface area contributed by atoms with Gasteiger partial charge in [0.15, 0.2) is 0 Å². The van der Waals surface area contributed by atoms with Gasteiger partial charge >= 0.3 is 11.9 Å². The van der Waals surface area contributed by atoms with Crippen molar-refractivity contribution < 1.29 is 27.8 Å². The highest BCUT2D eigenvalue weighted by atomic mass is 19.4. The molecule has 0 bridgehead atoms. The Bertz CT molecular complexity index is 639. The minimum atomic E-state index is -4.89. The van der Waals surface area contributed by atoms with E-state index >= 15 is 0 Å². The maximum Gasteiger partial charge on any atom is 0.423 e. The molecular weight excluding hydrogens is 309 g/mol. The van der Waals surface area contributed by atoms with Crippen LogP contribution in [0.2, 0.25) is 0 Å². The molecule has 3 atom stereocenters. The Morgan fingerprint density at radius 2 is 2.18 bits per heavy atom. The van der Waals surface area contributed by atoms with E-state index in [1.807, 2.05) is 0 Å². The molecule has 1 unspecified atom stereocenters. The SMILES string of the molecule is CCOC1C[C@@H](n2cc(C(F)(F)F)c(=O)[nH]c2=O)O[C@H]1CO. The molecule has 2 heterocycles. The van der Waals surface area contributed by atoms with Crippen molar-refractivity contribution in [2.75, 3.05) is 13.2 Å². The van der Waals surface area contributed by atoms with E-state index in [4.69, 9.17) is 9.47 Å². The zero-order valence-electron chi connectivity index (χ0n) is 11.6. The van der Waals surface area contributed by atoms with Crippen molar-refractivity contribution >= 4 is 0 Å². The Morgan fingerprint density at radius 1 is 1.50 bits per heavy atom. The van der Waals surface area contributed by atoms with Crippen molar-refractivity contribution in [1.82, 2.24) is 9.55 Å². The molecule has 0 spiro atoms. The van der Waals surface area contributed by atoms with Gasteiger partial charge in [-0.25, -0.2) is 4.79 Å². The van der Waals surface area contributed by atoms with Crippen LogP contribution in [-0.2, 0) is 15.7 Å². The Hall–Kier alpha value is -1.65. The summed E-state index contributed by atoms with van der Waals surface area (Å²) in [6.45, 7) is 1.65. The molecule has 0 amide bonds. The molecule has 0 radical (unpaired) electrons. The Balaban J connectivity index is 2.37. The summed E-state index contributed by atoms with van der Waals surface area (Å²) >= 11 is 0. The highest BCUT2D eigenvalue weighted by molar-refractivity contribution is 5.09. The molecule has 7 nitrogen and oxygen atoms in total. The van der Waals surface area contributed by atoms with Gasteiger partial charge in [-0.15, -0.1) is 0 Å². The van der Waals surface area contributed by atoms with E-state index in [1.165, 1.54) is 0 Å². The first-order chi connectivity index (χ1) is 10.3. The zero-order valence-corrected chi connectivity index (χ0v) is 11.6. The van der Waals surface area contributed by atoms with Gasteiger partial charge in [0, 0.05) is 19.2 Å². The number of aromatic amines is 1. The molecule has 2 N–H and O–H groups in total. The molecule has 10 heteroatoms. The van der Waals surface area contributed by atoms with E-state index in [2.05, 4.69) is 0 Å². The minimum Gasteiger partial charge on any atom is -0.394 e. The van der Waals surface area contributed by atoms with Crippen LogP contribution in [0, 0.1) is 0 Å². The minimum absolute atomic E-state index is 0.0856. The standard InChI is InChI=1S/C12H15F3N2O5/c1-2-21-7-3-9(22-8(7)5-18)17-4-6(12(13,14)15)10(19)16-11(17)20/h4,7-9,18H,2-3,5H2,1H3,(H,16,19,20)/t7?,8-,9-/m0/s1. The van der Waals surface area contributed by atoms with E-state index in [0.29, 0.717) is 17.4 Å². The second-order valence-corrected chi connectivity index (χ2v) is 4.75. The second kappa shape index (κ2) is 6.23. The summed E-state index contributed by atoms with van der Waals surface area (Å²) in [5.74, 6) is 0. The molecule has 1 fully saturated rings.